The number of rotatable bonds is 11. The zero-order valence-corrected chi connectivity index (χ0v) is 21.9. The Bertz CT molecular complexity index is 1580. The van der Waals surface area contributed by atoms with Gasteiger partial charge >= 0.3 is 5.69 Å². The average Bonchev–Trinajstić information content (AvgIpc) is 3.78. The summed E-state index contributed by atoms with van der Waals surface area (Å²) in [4.78, 5) is 29.2. The topological polar surface area (TPSA) is 137 Å². The minimum Gasteiger partial charge on any atom is -0.493 e. The van der Waals surface area contributed by atoms with Gasteiger partial charge in [0.25, 0.3) is 0 Å². The molecule has 1 fully saturated rings. The second-order valence-electron chi connectivity index (χ2n) is 9.98. The molecular weight excluding hydrogens is 536 g/mol. The third-order valence-electron chi connectivity index (χ3n) is 7.01. The minimum atomic E-state index is -1.32. The number of anilines is 1. The van der Waals surface area contributed by atoms with E-state index in [0.717, 1.165) is 23.0 Å². The molecule has 0 unspecified atom stereocenters. The molecule has 1 aliphatic rings. The van der Waals surface area contributed by atoms with Crippen molar-refractivity contribution in [2.75, 3.05) is 18.5 Å². The van der Waals surface area contributed by atoms with Gasteiger partial charge in [-0.1, -0.05) is 18.2 Å². The number of halogens is 2. The van der Waals surface area contributed by atoms with E-state index in [1.807, 2.05) is 0 Å². The lowest BCUT2D eigenvalue weighted by Crippen LogP contribution is -2.33. The van der Waals surface area contributed by atoms with Crippen molar-refractivity contribution in [3.63, 3.8) is 0 Å². The molecule has 1 heterocycles. The number of H-pyrrole nitrogens is 1. The van der Waals surface area contributed by atoms with Crippen LogP contribution < -0.4 is 15.7 Å². The Balaban J connectivity index is 1.46. The number of nitrogens with one attached hydrogen (secondary N) is 2. The molecule has 4 aromatic rings. The number of aromatic nitrogens is 2. The number of hydrogen-bond acceptors (Lipinski definition) is 6. The van der Waals surface area contributed by atoms with E-state index < -0.39 is 41.3 Å². The maximum absolute atomic E-state index is 14.9. The molecule has 5 rings (SSSR count). The number of aliphatic hydroxyl groups excluding tert-OH is 2. The molecule has 0 saturated heterocycles. The molecule has 1 amide bonds. The summed E-state index contributed by atoms with van der Waals surface area (Å²) < 4.78 is 34.7. The summed E-state index contributed by atoms with van der Waals surface area (Å²) in [6.45, 7) is -0.775. The maximum Gasteiger partial charge on any atom is 0.329 e. The van der Waals surface area contributed by atoms with Crippen molar-refractivity contribution in [2.24, 2.45) is 0 Å². The van der Waals surface area contributed by atoms with Gasteiger partial charge in [0.15, 0.2) is 0 Å². The Hall–Kier alpha value is -4.48. The highest BCUT2D eigenvalue weighted by Crippen LogP contribution is 2.41. The zero-order valence-electron chi connectivity index (χ0n) is 21.9. The van der Waals surface area contributed by atoms with Crippen molar-refractivity contribution < 1.29 is 33.6 Å². The lowest BCUT2D eigenvalue weighted by molar-refractivity contribution is -0.119. The zero-order chi connectivity index (χ0) is 29.1. The van der Waals surface area contributed by atoms with Gasteiger partial charge in [-0.3, -0.25) is 4.79 Å². The van der Waals surface area contributed by atoms with Crippen LogP contribution in [0.25, 0.3) is 11.3 Å². The van der Waals surface area contributed by atoms with Gasteiger partial charge < -0.3 is 30.4 Å². The molecule has 1 saturated carbocycles. The van der Waals surface area contributed by atoms with Crippen LogP contribution in [-0.2, 0) is 11.2 Å². The molecule has 11 heteroatoms. The van der Waals surface area contributed by atoms with Gasteiger partial charge in [0.2, 0.25) is 11.8 Å². The number of aliphatic hydroxyl groups is 2. The molecular formula is C30H29F2N3O6. The smallest absolute Gasteiger partial charge is 0.329 e. The van der Waals surface area contributed by atoms with Crippen molar-refractivity contribution in [1.29, 1.82) is 0 Å². The van der Waals surface area contributed by atoms with Crippen LogP contribution in [0.5, 0.6) is 11.6 Å². The highest BCUT2D eigenvalue weighted by Gasteiger charge is 2.30. The fourth-order valence-electron chi connectivity index (χ4n) is 4.62. The monoisotopic (exact) mass is 565 g/mol. The Morgan fingerprint density at radius 1 is 1.02 bits per heavy atom. The number of amides is 1. The van der Waals surface area contributed by atoms with Gasteiger partial charge in [-0.15, -0.1) is 0 Å². The Morgan fingerprint density at radius 3 is 2.32 bits per heavy atom. The molecule has 1 aromatic heterocycles. The number of imidazole rings is 1. The van der Waals surface area contributed by atoms with Gasteiger partial charge in [-0.05, 0) is 78.4 Å². The van der Waals surface area contributed by atoms with Gasteiger partial charge in [-0.25, -0.2) is 18.1 Å². The van der Waals surface area contributed by atoms with Gasteiger partial charge in [0.05, 0.1) is 18.9 Å². The van der Waals surface area contributed by atoms with Crippen LogP contribution in [0.15, 0.2) is 71.5 Å². The summed E-state index contributed by atoms with van der Waals surface area (Å²) in [7, 11) is 0. The second-order valence-corrected chi connectivity index (χ2v) is 9.98. The van der Waals surface area contributed by atoms with Crippen molar-refractivity contribution in [3.8, 4) is 22.9 Å². The third-order valence-corrected chi connectivity index (χ3v) is 7.01. The van der Waals surface area contributed by atoms with E-state index in [1.54, 1.807) is 18.2 Å². The van der Waals surface area contributed by atoms with Gasteiger partial charge in [0, 0.05) is 12.0 Å². The predicted molar refractivity (Wildman–Crippen MR) is 147 cm³/mol. The minimum absolute atomic E-state index is 0.0271. The Morgan fingerprint density at radius 2 is 1.71 bits per heavy atom. The number of aromatic hydroxyl groups is 1. The number of aromatic amines is 1. The summed E-state index contributed by atoms with van der Waals surface area (Å²) >= 11 is 0. The van der Waals surface area contributed by atoms with E-state index in [9.17, 15) is 33.7 Å². The summed E-state index contributed by atoms with van der Waals surface area (Å²) in [6, 6.07) is 14.8. The molecule has 0 aliphatic heterocycles. The first-order valence-electron chi connectivity index (χ1n) is 13.1. The van der Waals surface area contributed by atoms with E-state index >= 15 is 0 Å². The van der Waals surface area contributed by atoms with Crippen LogP contribution in [0.1, 0.15) is 35.9 Å². The quantitative estimate of drug-likeness (QED) is 0.187. The van der Waals surface area contributed by atoms with Crippen molar-refractivity contribution in [3.05, 3.63) is 100.0 Å². The van der Waals surface area contributed by atoms with E-state index in [1.165, 1.54) is 48.5 Å². The summed E-state index contributed by atoms with van der Waals surface area (Å²) in [6.07, 6.45) is 1.07. The highest BCUT2D eigenvalue weighted by atomic mass is 19.1. The first-order chi connectivity index (χ1) is 19.8. The maximum atomic E-state index is 14.9. The fraction of sp³-hybridized carbons (Fsp3) is 0.267. The second kappa shape index (κ2) is 11.9. The normalized spacial score (nSPS) is 13.8. The van der Waals surface area contributed by atoms with E-state index in [4.69, 9.17) is 4.74 Å². The van der Waals surface area contributed by atoms with Crippen LogP contribution in [-0.4, -0.2) is 50.1 Å². The SMILES string of the molecule is O=C(Nc1ccc(C2CC2)cc1F)[C@H](Cc1ccc(F)cc1)n1c(O)c(-c2ccc(OC(CO)CO)cc2)[nH]c1=O. The number of hydrogen-bond donors (Lipinski definition) is 5. The molecule has 5 N–H and O–H groups in total. The van der Waals surface area contributed by atoms with E-state index in [-0.39, 0.29) is 31.0 Å². The molecule has 41 heavy (non-hydrogen) atoms. The molecule has 0 radical (unpaired) electrons. The molecule has 214 valence electrons. The molecule has 9 nitrogen and oxygen atoms in total. The van der Waals surface area contributed by atoms with Gasteiger partial charge in [-0.2, -0.15) is 0 Å². The first kappa shape index (κ1) is 28.1. The number of ether oxygens (including phenoxy) is 1. The lowest BCUT2D eigenvalue weighted by atomic mass is 10.0. The van der Waals surface area contributed by atoms with Crippen LogP contribution in [0.4, 0.5) is 14.5 Å². The summed E-state index contributed by atoms with van der Waals surface area (Å²) in [5.74, 6) is -1.71. The molecule has 1 atom stereocenters. The third kappa shape index (κ3) is 6.31. The number of benzene rings is 3. The Kier molecular flexibility index (Phi) is 8.18. The summed E-state index contributed by atoms with van der Waals surface area (Å²) in [5.41, 5.74) is 0.926. The van der Waals surface area contributed by atoms with Gasteiger partial charge in [0.1, 0.15) is 35.2 Å². The highest BCUT2D eigenvalue weighted by molar-refractivity contribution is 5.94. The van der Waals surface area contributed by atoms with Crippen molar-refractivity contribution in [2.45, 2.75) is 37.3 Å². The molecule has 3 aromatic carbocycles. The van der Waals surface area contributed by atoms with E-state index in [2.05, 4.69) is 10.3 Å². The summed E-state index contributed by atoms with van der Waals surface area (Å²) in [5, 5.41) is 32.1. The van der Waals surface area contributed by atoms with Crippen molar-refractivity contribution in [1.82, 2.24) is 9.55 Å². The predicted octanol–water partition coefficient (Wildman–Crippen LogP) is 3.86. The average molecular weight is 566 g/mol. The molecule has 1 aliphatic carbocycles. The number of carbonyl (C=O) groups is 1. The Labute approximate surface area is 233 Å². The number of carbonyl (C=O) groups excluding carboxylic acids is 1. The molecule has 0 spiro atoms. The molecule has 0 bridgehead atoms. The number of nitrogens with zero attached hydrogens (tertiary/aromatic N) is 1. The van der Waals surface area contributed by atoms with Crippen LogP contribution >= 0.6 is 0 Å². The van der Waals surface area contributed by atoms with E-state index in [0.29, 0.717) is 22.8 Å². The van der Waals surface area contributed by atoms with Crippen LogP contribution in [0.3, 0.4) is 0 Å². The lowest BCUT2D eigenvalue weighted by Gasteiger charge is -2.19. The first-order valence-corrected chi connectivity index (χ1v) is 13.1. The largest absolute Gasteiger partial charge is 0.493 e. The van der Waals surface area contributed by atoms with Crippen molar-refractivity contribution >= 4 is 11.6 Å². The van der Waals surface area contributed by atoms with Crippen LogP contribution in [0.2, 0.25) is 0 Å². The fourth-order valence-corrected chi connectivity index (χ4v) is 4.62. The standard InChI is InChI=1S/C30H29F2N3O6/c31-21-8-1-17(2-9-21)13-26(28(38)33-25-12-7-20(14-24(25)32)18-3-4-18)35-29(39)27(34-30(35)40)19-5-10-22(11-6-19)41-23(15-36)16-37/h1-2,5-12,14,18,23,26,36-37,39H,3-4,13,15-16H2,(H,33,38)(H,34,40)/t26-/m0/s1. The van der Waals surface area contributed by atoms with Crippen LogP contribution in [0, 0.1) is 11.6 Å².